The number of rotatable bonds is 5. The Hall–Kier alpha value is -1.56. The van der Waals surface area contributed by atoms with Crippen molar-refractivity contribution in [1.82, 2.24) is 15.1 Å². The van der Waals surface area contributed by atoms with E-state index in [2.05, 4.69) is 22.5 Å². The van der Waals surface area contributed by atoms with Crippen LogP contribution in [0, 0.1) is 6.92 Å². The van der Waals surface area contributed by atoms with Gasteiger partial charge in [0, 0.05) is 44.4 Å². The molecule has 2 heterocycles. The highest BCUT2D eigenvalue weighted by Crippen LogP contribution is 2.22. The number of piperidine rings is 1. The van der Waals surface area contributed by atoms with E-state index in [1.165, 1.54) is 0 Å². The molecule has 7 heteroatoms. The molecule has 0 unspecified atom stereocenters. The number of hydrogen-bond acceptors (Lipinski definition) is 3. The van der Waals surface area contributed by atoms with E-state index >= 15 is 0 Å². The number of nitrogens with one attached hydrogen (secondary N) is 1. The van der Waals surface area contributed by atoms with Crippen molar-refractivity contribution in [2.75, 3.05) is 11.4 Å². The quantitative estimate of drug-likeness (QED) is 0.858. The van der Waals surface area contributed by atoms with Crippen LogP contribution in [0.1, 0.15) is 36.1 Å². The zero-order chi connectivity index (χ0) is 17.1. The number of halogens is 2. The third-order valence-electron chi connectivity index (χ3n) is 4.45. The van der Waals surface area contributed by atoms with Crippen molar-refractivity contribution in [2.24, 2.45) is 7.05 Å². The molecule has 1 saturated heterocycles. The van der Waals surface area contributed by atoms with Gasteiger partial charge in [-0.15, -0.1) is 12.4 Å². The number of benzene rings is 1. The van der Waals surface area contributed by atoms with Crippen LogP contribution in [0.15, 0.2) is 24.3 Å². The van der Waals surface area contributed by atoms with Gasteiger partial charge in [-0.05, 0) is 37.5 Å². The predicted molar refractivity (Wildman–Crippen MR) is 103 cm³/mol. The van der Waals surface area contributed by atoms with Crippen LogP contribution in [-0.4, -0.2) is 22.2 Å². The van der Waals surface area contributed by atoms with Crippen molar-refractivity contribution >= 4 is 35.6 Å². The Kier molecular flexibility index (Phi) is 6.87. The van der Waals surface area contributed by atoms with Crippen LogP contribution < -0.4 is 10.2 Å². The average Bonchev–Trinajstić information content (AvgIpc) is 2.82. The number of carbonyl (C=O) groups is 1. The zero-order valence-electron chi connectivity index (χ0n) is 14.6. The van der Waals surface area contributed by atoms with Crippen LogP contribution in [-0.2, 0) is 24.9 Å². The number of nitrogens with zero attached hydrogens (tertiary/aromatic N) is 3. The molecule has 0 aliphatic carbocycles. The molecular formula is C18H24Cl2N4O. The van der Waals surface area contributed by atoms with Crippen molar-refractivity contribution in [3.05, 3.63) is 46.2 Å². The molecule has 1 aromatic heterocycles. The Labute approximate surface area is 159 Å². The molecule has 0 radical (unpaired) electrons. The van der Waals surface area contributed by atoms with Crippen molar-refractivity contribution in [3.8, 4) is 0 Å². The minimum atomic E-state index is 0. The first kappa shape index (κ1) is 19.8. The van der Waals surface area contributed by atoms with E-state index in [1.54, 1.807) is 4.68 Å². The van der Waals surface area contributed by atoms with Crippen molar-refractivity contribution in [1.29, 1.82) is 0 Å². The number of aromatic nitrogens is 2. The lowest BCUT2D eigenvalue weighted by atomic mass is 10.1. The first-order valence-electron chi connectivity index (χ1n) is 8.34. The van der Waals surface area contributed by atoms with E-state index in [1.807, 2.05) is 31.0 Å². The number of anilines is 1. The van der Waals surface area contributed by atoms with Gasteiger partial charge in [0.2, 0.25) is 5.91 Å². The molecule has 1 amide bonds. The largest absolute Gasteiger partial charge is 0.312 e. The number of amides is 1. The summed E-state index contributed by atoms with van der Waals surface area (Å²) < 4.78 is 1.69. The molecular weight excluding hydrogens is 359 g/mol. The summed E-state index contributed by atoms with van der Waals surface area (Å²) in [4.78, 5) is 14.0. The molecule has 136 valence electrons. The molecule has 1 fully saturated rings. The van der Waals surface area contributed by atoms with Crippen molar-refractivity contribution < 1.29 is 4.79 Å². The number of carbonyl (C=O) groups excluding carboxylic acids is 1. The standard InChI is InChI=1S/C18H23ClN4O.ClH/c1-13-16(18(19)22(2)21-13)12-20-11-14-6-5-7-15(10-14)23-9-4-3-8-17(23)24;/h5-7,10,20H,3-4,8-9,11-12H2,1-2H3;1H. The van der Waals surface area contributed by atoms with Gasteiger partial charge in [-0.2, -0.15) is 5.10 Å². The van der Waals surface area contributed by atoms with Gasteiger partial charge in [-0.25, -0.2) is 0 Å². The summed E-state index contributed by atoms with van der Waals surface area (Å²) in [6.07, 6.45) is 2.73. The summed E-state index contributed by atoms with van der Waals surface area (Å²) in [5, 5.41) is 8.41. The van der Waals surface area contributed by atoms with Gasteiger partial charge in [-0.1, -0.05) is 23.7 Å². The first-order valence-corrected chi connectivity index (χ1v) is 8.72. The molecule has 5 nitrogen and oxygen atoms in total. The van der Waals surface area contributed by atoms with E-state index < -0.39 is 0 Å². The maximum atomic E-state index is 12.1. The van der Waals surface area contributed by atoms with Crippen LogP contribution in [0.5, 0.6) is 0 Å². The Bertz CT molecular complexity index is 745. The number of hydrogen-bond donors (Lipinski definition) is 1. The summed E-state index contributed by atoms with van der Waals surface area (Å²) in [6, 6.07) is 8.18. The van der Waals surface area contributed by atoms with Crippen LogP contribution in [0.3, 0.4) is 0 Å². The lowest BCUT2D eigenvalue weighted by Gasteiger charge is -2.27. The fourth-order valence-corrected chi connectivity index (χ4v) is 3.36. The lowest BCUT2D eigenvalue weighted by molar-refractivity contribution is -0.119. The molecule has 2 aromatic rings. The second-order valence-electron chi connectivity index (χ2n) is 6.25. The Morgan fingerprint density at radius 3 is 2.76 bits per heavy atom. The summed E-state index contributed by atoms with van der Waals surface area (Å²) in [6.45, 7) is 4.18. The topological polar surface area (TPSA) is 50.2 Å². The van der Waals surface area contributed by atoms with E-state index in [0.717, 1.165) is 48.4 Å². The van der Waals surface area contributed by atoms with Gasteiger partial charge < -0.3 is 10.2 Å². The van der Waals surface area contributed by atoms with Crippen LogP contribution >= 0.6 is 24.0 Å². The normalized spacial score (nSPS) is 14.5. The highest BCUT2D eigenvalue weighted by atomic mass is 35.5. The minimum absolute atomic E-state index is 0. The fourth-order valence-electron chi connectivity index (χ4n) is 3.12. The molecule has 3 rings (SSSR count). The molecule has 25 heavy (non-hydrogen) atoms. The van der Waals surface area contributed by atoms with Gasteiger partial charge in [0.05, 0.1) is 5.69 Å². The molecule has 0 atom stereocenters. The minimum Gasteiger partial charge on any atom is -0.312 e. The van der Waals surface area contributed by atoms with Crippen molar-refractivity contribution in [2.45, 2.75) is 39.3 Å². The van der Waals surface area contributed by atoms with E-state index in [0.29, 0.717) is 18.1 Å². The second-order valence-corrected chi connectivity index (χ2v) is 6.61. The predicted octanol–water partition coefficient (Wildman–Crippen LogP) is 3.61. The molecule has 1 aliphatic rings. The summed E-state index contributed by atoms with van der Waals surface area (Å²) in [5.41, 5.74) is 4.13. The molecule has 0 spiro atoms. The molecule has 0 saturated carbocycles. The van der Waals surface area contributed by atoms with Gasteiger partial charge in [0.15, 0.2) is 0 Å². The van der Waals surface area contributed by atoms with Crippen LogP contribution in [0.2, 0.25) is 5.15 Å². The monoisotopic (exact) mass is 382 g/mol. The smallest absolute Gasteiger partial charge is 0.226 e. The maximum Gasteiger partial charge on any atom is 0.226 e. The summed E-state index contributed by atoms with van der Waals surface area (Å²) in [7, 11) is 1.85. The SMILES string of the molecule is Cc1nn(C)c(Cl)c1CNCc1cccc(N2CCCCC2=O)c1.Cl. The maximum absolute atomic E-state index is 12.1. The Balaban J connectivity index is 0.00000225. The van der Waals surface area contributed by atoms with Crippen LogP contribution in [0.25, 0.3) is 0 Å². The zero-order valence-corrected chi connectivity index (χ0v) is 16.2. The highest BCUT2D eigenvalue weighted by Gasteiger charge is 2.19. The van der Waals surface area contributed by atoms with Crippen molar-refractivity contribution in [3.63, 3.8) is 0 Å². The summed E-state index contributed by atoms with van der Waals surface area (Å²) >= 11 is 6.25. The molecule has 0 bridgehead atoms. The van der Waals surface area contributed by atoms with Crippen LogP contribution in [0.4, 0.5) is 5.69 Å². The third kappa shape index (κ3) is 4.54. The van der Waals surface area contributed by atoms with Gasteiger partial charge in [-0.3, -0.25) is 9.48 Å². The Morgan fingerprint density at radius 1 is 1.28 bits per heavy atom. The van der Waals surface area contributed by atoms with Gasteiger partial charge >= 0.3 is 0 Å². The van der Waals surface area contributed by atoms with Gasteiger partial charge in [0.25, 0.3) is 0 Å². The highest BCUT2D eigenvalue weighted by molar-refractivity contribution is 6.30. The first-order chi connectivity index (χ1) is 11.6. The second kappa shape index (κ2) is 8.70. The third-order valence-corrected chi connectivity index (χ3v) is 4.92. The average molecular weight is 383 g/mol. The van der Waals surface area contributed by atoms with E-state index in [4.69, 9.17) is 11.6 Å². The van der Waals surface area contributed by atoms with E-state index in [9.17, 15) is 4.79 Å². The molecule has 1 aromatic carbocycles. The molecule has 1 aliphatic heterocycles. The number of aryl methyl sites for hydroxylation is 2. The molecule has 1 N–H and O–H groups in total. The lowest BCUT2D eigenvalue weighted by Crippen LogP contribution is -2.35. The summed E-state index contributed by atoms with van der Waals surface area (Å²) in [5.74, 6) is 0.226. The van der Waals surface area contributed by atoms with E-state index in [-0.39, 0.29) is 18.3 Å². The Morgan fingerprint density at radius 2 is 2.08 bits per heavy atom. The fraction of sp³-hybridized carbons (Fsp3) is 0.444. The van der Waals surface area contributed by atoms with Gasteiger partial charge in [0.1, 0.15) is 5.15 Å².